The van der Waals surface area contributed by atoms with Crippen LogP contribution in [0, 0.1) is 3.57 Å². The summed E-state index contributed by atoms with van der Waals surface area (Å²) in [5, 5.41) is 8.70. The van der Waals surface area contributed by atoms with Crippen molar-refractivity contribution in [3.63, 3.8) is 0 Å². The Morgan fingerprint density at radius 1 is 0.581 bits per heavy atom. The van der Waals surface area contributed by atoms with Crippen LogP contribution in [0.15, 0.2) is 109 Å². The molecule has 148 valence electrons. The first-order chi connectivity index (χ1) is 15.3. The molecule has 31 heavy (non-hydrogen) atoms. The molecule has 2 nitrogen and oxygen atoms in total. The number of benzene rings is 5. The normalized spacial score (nSPS) is 11.4. The minimum absolute atomic E-state index is 1.10. The molecule has 0 bridgehead atoms. The molecule has 0 saturated heterocycles. The molecule has 0 aliphatic heterocycles. The third-order valence-electron chi connectivity index (χ3n) is 5.83. The molecule has 1 aromatic heterocycles. The SMILES string of the molecule is Ic1ccc2ccccc2c1Nc1ccc2c(c1)c1ccccc1n2-c1ccccc1. The van der Waals surface area contributed by atoms with Crippen molar-refractivity contribution in [3.05, 3.63) is 113 Å². The highest BCUT2D eigenvalue weighted by atomic mass is 127. The molecule has 0 fully saturated rings. The summed E-state index contributed by atoms with van der Waals surface area (Å²) in [5.74, 6) is 0. The number of hydrogen-bond acceptors (Lipinski definition) is 1. The van der Waals surface area contributed by atoms with Gasteiger partial charge in [-0.3, -0.25) is 0 Å². The van der Waals surface area contributed by atoms with E-state index in [0.717, 1.165) is 11.4 Å². The molecule has 5 aromatic carbocycles. The molecule has 0 saturated carbocycles. The van der Waals surface area contributed by atoms with Crippen LogP contribution < -0.4 is 5.32 Å². The number of nitrogens with zero attached hydrogens (tertiary/aromatic N) is 1. The molecule has 0 amide bonds. The van der Waals surface area contributed by atoms with E-state index >= 15 is 0 Å². The topological polar surface area (TPSA) is 17.0 Å². The van der Waals surface area contributed by atoms with Crippen LogP contribution >= 0.6 is 22.6 Å². The van der Waals surface area contributed by atoms with Crippen LogP contribution in [0.5, 0.6) is 0 Å². The van der Waals surface area contributed by atoms with E-state index in [1.165, 1.54) is 41.8 Å². The summed E-state index contributed by atoms with van der Waals surface area (Å²) in [7, 11) is 0. The van der Waals surface area contributed by atoms with Gasteiger partial charge in [0.25, 0.3) is 0 Å². The number of fused-ring (bicyclic) bond motifs is 4. The van der Waals surface area contributed by atoms with Crippen LogP contribution in [0.4, 0.5) is 11.4 Å². The Bertz CT molecular complexity index is 1560. The van der Waals surface area contributed by atoms with Gasteiger partial charge in [0, 0.05) is 31.1 Å². The van der Waals surface area contributed by atoms with Crippen molar-refractivity contribution < 1.29 is 0 Å². The maximum absolute atomic E-state index is 3.70. The summed E-state index contributed by atoms with van der Waals surface area (Å²) in [6.45, 7) is 0. The van der Waals surface area contributed by atoms with E-state index in [4.69, 9.17) is 0 Å². The highest BCUT2D eigenvalue weighted by Crippen LogP contribution is 2.36. The first kappa shape index (κ1) is 18.5. The van der Waals surface area contributed by atoms with Crippen LogP contribution in [0.25, 0.3) is 38.3 Å². The van der Waals surface area contributed by atoms with E-state index in [2.05, 4.69) is 142 Å². The lowest BCUT2D eigenvalue weighted by molar-refractivity contribution is 1.18. The van der Waals surface area contributed by atoms with Crippen LogP contribution in [0.3, 0.4) is 0 Å². The van der Waals surface area contributed by atoms with E-state index in [1.807, 2.05) is 0 Å². The molecule has 6 rings (SSSR count). The van der Waals surface area contributed by atoms with Crippen molar-refractivity contribution in [3.8, 4) is 5.69 Å². The Morgan fingerprint density at radius 2 is 1.29 bits per heavy atom. The van der Waals surface area contributed by atoms with Crippen LogP contribution in [-0.4, -0.2) is 4.57 Å². The highest BCUT2D eigenvalue weighted by Gasteiger charge is 2.13. The van der Waals surface area contributed by atoms with Crippen molar-refractivity contribution in [2.75, 3.05) is 5.32 Å². The zero-order chi connectivity index (χ0) is 20.8. The van der Waals surface area contributed by atoms with Crippen molar-refractivity contribution in [2.24, 2.45) is 0 Å². The summed E-state index contributed by atoms with van der Waals surface area (Å²) in [6, 6.07) is 38.8. The second kappa shape index (κ2) is 7.43. The standard InChI is InChI=1S/C28H19IN2/c29-25-16-14-19-8-4-5-11-22(19)28(25)30-20-15-17-27-24(18-20)23-12-6-7-13-26(23)31(27)21-9-2-1-3-10-21/h1-18,30H. The average Bonchev–Trinajstić information content (AvgIpc) is 3.15. The Kier molecular flexibility index (Phi) is 4.42. The second-order valence-corrected chi connectivity index (χ2v) is 8.85. The lowest BCUT2D eigenvalue weighted by atomic mass is 10.1. The lowest BCUT2D eigenvalue weighted by Crippen LogP contribution is -1.95. The number of anilines is 2. The van der Waals surface area contributed by atoms with Crippen molar-refractivity contribution in [1.82, 2.24) is 4.57 Å². The van der Waals surface area contributed by atoms with Gasteiger partial charge < -0.3 is 9.88 Å². The molecule has 3 heteroatoms. The van der Waals surface area contributed by atoms with E-state index in [9.17, 15) is 0 Å². The minimum atomic E-state index is 1.10. The fraction of sp³-hybridized carbons (Fsp3) is 0. The number of nitrogens with one attached hydrogen (secondary N) is 1. The second-order valence-electron chi connectivity index (χ2n) is 7.69. The van der Waals surface area contributed by atoms with Gasteiger partial charge in [-0.15, -0.1) is 0 Å². The van der Waals surface area contributed by atoms with Crippen LogP contribution in [0.2, 0.25) is 0 Å². The number of aromatic nitrogens is 1. The summed E-state index contributed by atoms with van der Waals surface area (Å²) >= 11 is 2.41. The predicted molar refractivity (Wildman–Crippen MR) is 141 cm³/mol. The number of hydrogen-bond donors (Lipinski definition) is 1. The molecular weight excluding hydrogens is 491 g/mol. The molecule has 0 atom stereocenters. The zero-order valence-corrected chi connectivity index (χ0v) is 18.9. The summed E-state index contributed by atoms with van der Waals surface area (Å²) in [5.41, 5.74) is 5.87. The first-order valence-electron chi connectivity index (χ1n) is 10.3. The van der Waals surface area contributed by atoms with Gasteiger partial charge in [-0.25, -0.2) is 0 Å². The molecule has 1 N–H and O–H groups in total. The van der Waals surface area contributed by atoms with Gasteiger partial charge in [-0.1, -0.05) is 66.7 Å². The van der Waals surface area contributed by atoms with Crippen LogP contribution in [0.1, 0.15) is 0 Å². The third kappa shape index (κ3) is 3.08. The summed E-state index contributed by atoms with van der Waals surface area (Å²) < 4.78 is 3.55. The Morgan fingerprint density at radius 3 is 2.16 bits per heavy atom. The predicted octanol–water partition coefficient (Wildman–Crippen LogP) is 8.29. The van der Waals surface area contributed by atoms with Crippen molar-refractivity contribution in [2.45, 2.75) is 0 Å². The van der Waals surface area contributed by atoms with E-state index in [-0.39, 0.29) is 0 Å². The Labute approximate surface area is 194 Å². The van der Waals surface area contributed by atoms with E-state index in [1.54, 1.807) is 0 Å². The van der Waals surface area contributed by atoms with Gasteiger partial charge in [0.05, 0.1) is 16.7 Å². The molecule has 0 radical (unpaired) electrons. The fourth-order valence-electron chi connectivity index (χ4n) is 4.42. The monoisotopic (exact) mass is 510 g/mol. The maximum Gasteiger partial charge on any atom is 0.0599 e. The quantitative estimate of drug-likeness (QED) is 0.237. The largest absolute Gasteiger partial charge is 0.354 e. The molecule has 6 aromatic rings. The Balaban J connectivity index is 1.55. The van der Waals surface area contributed by atoms with Gasteiger partial charge in [-0.05, 0) is 70.4 Å². The highest BCUT2D eigenvalue weighted by molar-refractivity contribution is 14.1. The van der Waals surface area contributed by atoms with Gasteiger partial charge in [-0.2, -0.15) is 0 Å². The molecule has 1 heterocycles. The number of halogens is 1. The molecule has 0 spiro atoms. The molecule has 0 aliphatic carbocycles. The van der Waals surface area contributed by atoms with Crippen LogP contribution in [-0.2, 0) is 0 Å². The fourth-order valence-corrected chi connectivity index (χ4v) is 5.03. The average molecular weight is 510 g/mol. The van der Waals surface area contributed by atoms with Crippen molar-refractivity contribution >= 4 is 66.5 Å². The van der Waals surface area contributed by atoms with Gasteiger partial charge in [0.2, 0.25) is 0 Å². The smallest absolute Gasteiger partial charge is 0.0599 e. The molecular formula is C28H19IN2. The van der Waals surface area contributed by atoms with Gasteiger partial charge in [0.1, 0.15) is 0 Å². The summed E-state index contributed by atoms with van der Waals surface area (Å²) in [4.78, 5) is 0. The number of para-hydroxylation sites is 2. The third-order valence-corrected chi connectivity index (χ3v) is 6.73. The maximum atomic E-state index is 3.70. The van der Waals surface area contributed by atoms with E-state index in [0.29, 0.717) is 0 Å². The first-order valence-corrected chi connectivity index (χ1v) is 11.4. The minimum Gasteiger partial charge on any atom is -0.354 e. The van der Waals surface area contributed by atoms with Gasteiger partial charge >= 0.3 is 0 Å². The summed E-state index contributed by atoms with van der Waals surface area (Å²) in [6.07, 6.45) is 0. The zero-order valence-electron chi connectivity index (χ0n) is 16.7. The molecule has 0 aliphatic rings. The molecule has 0 unspecified atom stereocenters. The van der Waals surface area contributed by atoms with Gasteiger partial charge in [0.15, 0.2) is 0 Å². The van der Waals surface area contributed by atoms with E-state index < -0.39 is 0 Å². The van der Waals surface area contributed by atoms with Crippen molar-refractivity contribution in [1.29, 1.82) is 0 Å². The number of rotatable bonds is 3. The lowest BCUT2D eigenvalue weighted by Gasteiger charge is -2.13. The Hall–Kier alpha value is -3.31.